The lowest BCUT2D eigenvalue weighted by molar-refractivity contribution is -0.127. The van der Waals surface area contributed by atoms with E-state index in [4.69, 9.17) is 10.5 Å². The first-order valence-electron chi connectivity index (χ1n) is 5.57. The molecule has 1 aliphatic heterocycles. The smallest absolute Gasteiger partial charge is 0.258 e. The van der Waals surface area contributed by atoms with Crippen molar-refractivity contribution in [1.29, 1.82) is 0 Å². The number of morpholine rings is 1. The summed E-state index contributed by atoms with van der Waals surface area (Å²) in [6.07, 6.45) is 0. The standard InChI is InChI=1S/C12H14N2O4/c13-11(16)9-7-18-6-5-14(9)12(17)8-3-1-2-4-10(8)15/h1-4,9,15H,5-7H2,(H2,13,16). The van der Waals surface area contributed by atoms with Crippen LogP contribution < -0.4 is 5.73 Å². The van der Waals surface area contributed by atoms with Gasteiger partial charge in [0.1, 0.15) is 11.8 Å². The van der Waals surface area contributed by atoms with Crippen molar-refractivity contribution in [3.05, 3.63) is 29.8 Å². The van der Waals surface area contributed by atoms with E-state index in [9.17, 15) is 14.7 Å². The van der Waals surface area contributed by atoms with Gasteiger partial charge in [0.05, 0.1) is 18.8 Å². The van der Waals surface area contributed by atoms with Crippen LogP contribution in [-0.2, 0) is 9.53 Å². The second-order valence-corrected chi connectivity index (χ2v) is 4.01. The van der Waals surface area contributed by atoms with Gasteiger partial charge in [0.2, 0.25) is 5.91 Å². The molecule has 0 saturated carbocycles. The molecule has 6 heteroatoms. The molecule has 1 aromatic carbocycles. The third-order valence-corrected chi connectivity index (χ3v) is 2.85. The van der Waals surface area contributed by atoms with Crippen LogP contribution in [0.3, 0.4) is 0 Å². The van der Waals surface area contributed by atoms with E-state index in [1.54, 1.807) is 12.1 Å². The fourth-order valence-electron chi connectivity index (χ4n) is 1.89. The van der Waals surface area contributed by atoms with Crippen molar-refractivity contribution < 1.29 is 19.4 Å². The number of benzene rings is 1. The average molecular weight is 250 g/mol. The maximum absolute atomic E-state index is 12.2. The van der Waals surface area contributed by atoms with E-state index in [0.717, 1.165) is 0 Å². The SMILES string of the molecule is NC(=O)C1COCCN1C(=O)c1ccccc1O. The minimum Gasteiger partial charge on any atom is -0.507 e. The summed E-state index contributed by atoms with van der Waals surface area (Å²) < 4.78 is 5.13. The molecule has 1 aromatic rings. The number of para-hydroxylation sites is 1. The Morgan fingerprint density at radius 3 is 2.78 bits per heavy atom. The van der Waals surface area contributed by atoms with Gasteiger partial charge in [-0.2, -0.15) is 0 Å². The van der Waals surface area contributed by atoms with Gasteiger partial charge in [0.15, 0.2) is 0 Å². The van der Waals surface area contributed by atoms with E-state index in [1.165, 1.54) is 17.0 Å². The summed E-state index contributed by atoms with van der Waals surface area (Å²) in [5, 5.41) is 9.64. The van der Waals surface area contributed by atoms with Gasteiger partial charge in [-0.25, -0.2) is 0 Å². The Kier molecular flexibility index (Phi) is 3.47. The fraction of sp³-hybridized carbons (Fsp3) is 0.333. The van der Waals surface area contributed by atoms with E-state index in [1.807, 2.05) is 0 Å². The van der Waals surface area contributed by atoms with Gasteiger partial charge in [-0.3, -0.25) is 9.59 Å². The molecule has 0 aromatic heterocycles. The van der Waals surface area contributed by atoms with E-state index in [2.05, 4.69) is 0 Å². The van der Waals surface area contributed by atoms with E-state index < -0.39 is 17.9 Å². The zero-order valence-electron chi connectivity index (χ0n) is 9.70. The molecule has 3 N–H and O–H groups in total. The maximum Gasteiger partial charge on any atom is 0.258 e. The van der Waals surface area contributed by atoms with Crippen LogP contribution >= 0.6 is 0 Å². The average Bonchev–Trinajstić information content (AvgIpc) is 2.38. The fourth-order valence-corrected chi connectivity index (χ4v) is 1.89. The highest BCUT2D eigenvalue weighted by Crippen LogP contribution is 2.20. The van der Waals surface area contributed by atoms with Crippen LogP contribution in [0.15, 0.2) is 24.3 Å². The molecule has 18 heavy (non-hydrogen) atoms. The molecule has 1 aliphatic rings. The van der Waals surface area contributed by atoms with Crippen LogP contribution in [0, 0.1) is 0 Å². The van der Waals surface area contributed by atoms with Crippen molar-refractivity contribution in [3.63, 3.8) is 0 Å². The van der Waals surface area contributed by atoms with Crippen molar-refractivity contribution in [3.8, 4) is 5.75 Å². The number of phenols is 1. The number of amides is 2. The minimum atomic E-state index is -0.786. The van der Waals surface area contributed by atoms with Gasteiger partial charge in [-0.15, -0.1) is 0 Å². The number of hydrogen-bond acceptors (Lipinski definition) is 4. The second-order valence-electron chi connectivity index (χ2n) is 4.01. The van der Waals surface area contributed by atoms with Gasteiger partial charge in [-0.05, 0) is 12.1 Å². The largest absolute Gasteiger partial charge is 0.507 e. The molecule has 1 atom stereocenters. The van der Waals surface area contributed by atoms with E-state index in [-0.39, 0.29) is 24.5 Å². The van der Waals surface area contributed by atoms with Gasteiger partial charge in [0.25, 0.3) is 5.91 Å². The summed E-state index contributed by atoms with van der Waals surface area (Å²) in [7, 11) is 0. The molecule has 1 unspecified atom stereocenters. The van der Waals surface area contributed by atoms with Gasteiger partial charge < -0.3 is 20.5 Å². The van der Waals surface area contributed by atoms with Crippen molar-refractivity contribution in [2.75, 3.05) is 19.8 Å². The summed E-state index contributed by atoms with van der Waals surface area (Å²) in [4.78, 5) is 24.8. The van der Waals surface area contributed by atoms with E-state index in [0.29, 0.717) is 6.61 Å². The molecule has 0 radical (unpaired) electrons. The van der Waals surface area contributed by atoms with Crippen LogP contribution in [-0.4, -0.2) is 47.6 Å². The lowest BCUT2D eigenvalue weighted by Crippen LogP contribution is -2.54. The molecule has 2 amide bonds. The van der Waals surface area contributed by atoms with Crippen LogP contribution in [0.5, 0.6) is 5.75 Å². The maximum atomic E-state index is 12.2. The third kappa shape index (κ3) is 2.28. The molecular weight excluding hydrogens is 236 g/mol. The lowest BCUT2D eigenvalue weighted by atomic mass is 10.1. The third-order valence-electron chi connectivity index (χ3n) is 2.85. The highest BCUT2D eigenvalue weighted by molar-refractivity contribution is 5.99. The van der Waals surface area contributed by atoms with Crippen molar-refractivity contribution in [2.45, 2.75) is 6.04 Å². The summed E-state index contributed by atoms with van der Waals surface area (Å²) >= 11 is 0. The second kappa shape index (κ2) is 5.05. The Bertz CT molecular complexity index is 475. The molecule has 2 rings (SSSR count). The minimum absolute atomic E-state index is 0.0919. The van der Waals surface area contributed by atoms with E-state index >= 15 is 0 Å². The predicted octanol–water partition coefficient (Wildman–Crippen LogP) is -0.281. The summed E-state index contributed by atoms with van der Waals surface area (Å²) in [5.74, 6) is -1.14. The summed E-state index contributed by atoms with van der Waals surface area (Å²) in [6.45, 7) is 0.721. The molecule has 0 bridgehead atoms. The quantitative estimate of drug-likeness (QED) is 0.755. The molecule has 6 nitrogen and oxygen atoms in total. The first kappa shape index (κ1) is 12.4. The van der Waals surface area contributed by atoms with Crippen LogP contribution in [0.4, 0.5) is 0 Å². The monoisotopic (exact) mass is 250 g/mol. The topological polar surface area (TPSA) is 92.9 Å². The van der Waals surface area contributed by atoms with Crippen molar-refractivity contribution >= 4 is 11.8 Å². The Morgan fingerprint density at radius 1 is 1.39 bits per heavy atom. The molecule has 0 aliphatic carbocycles. The first-order valence-corrected chi connectivity index (χ1v) is 5.57. The highest BCUT2D eigenvalue weighted by atomic mass is 16.5. The van der Waals surface area contributed by atoms with Crippen LogP contribution in [0.1, 0.15) is 10.4 Å². The number of aromatic hydroxyl groups is 1. The number of carbonyl (C=O) groups is 2. The number of hydrogen-bond donors (Lipinski definition) is 2. The molecular formula is C12H14N2O4. The Balaban J connectivity index is 2.27. The number of phenolic OH excluding ortho intramolecular Hbond substituents is 1. The number of primary amides is 1. The molecule has 96 valence electrons. The normalized spacial score (nSPS) is 19.6. The van der Waals surface area contributed by atoms with Crippen molar-refractivity contribution in [2.24, 2.45) is 5.73 Å². The van der Waals surface area contributed by atoms with Crippen molar-refractivity contribution in [1.82, 2.24) is 4.90 Å². The molecule has 1 fully saturated rings. The Morgan fingerprint density at radius 2 is 2.11 bits per heavy atom. The summed E-state index contributed by atoms with van der Waals surface area (Å²) in [6, 6.07) is 5.41. The summed E-state index contributed by atoms with van der Waals surface area (Å²) in [5.41, 5.74) is 5.39. The molecule has 1 heterocycles. The molecule has 0 spiro atoms. The zero-order valence-corrected chi connectivity index (χ0v) is 9.70. The zero-order chi connectivity index (χ0) is 13.1. The van der Waals surface area contributed by atoms with Crippen LogP contribution in [0.25, 0.3) is 0 Å². The predicted molar refractivity (Wildman–Crippen MR) is 62.9 cm³/mol. The lowest BCUT2D eigenvalue weighted by Gasteiger charge is -2.33. The Hall–Kier alpha value is -2.08. The first-order chi connectivity index (χ1) is 8.61. The number of nitrogens with two attached hydrogens (primary N) is 1. The van der Waals surface area contributed by atoms with Crippen LogP contribution in [0.2, 0.25) is 0 Å². The van der Waals surface area contributed by atoms with Gasteiger partial charge in [0, 0.05) is 6.54 Å². The number of carbonyl (C=O) groups excluding carboxylic acids is 2. The highest BCUT2D eigenvalue weighted by Gasteiger charge is 2.32. The number of ether oxygens (including phenoxy) is 1. The Labute approximate surface area is 104 Å². The van der Waals surface area contributed by atoms with Gasteiger partial charge >= 0.3 is 0 Å². The number of nitrogens with zero attached hydrogens (tertiary/aromatic N) is 1. The molecule has 1 saturated heterocycles. The number of rotatable bonds is 2. The van der Waals surface area contributed by atoms with Gasteiger partial charge in [-0.1, -0.05) is 12.1 Å².